The second-order valence-electron chi connectivity index (χ2n) is 8.33. The molecule has 200 valence electrons. The lowest BCUT2D eigenvalue weighted by Crippen LogP contribution is -2.67. The number of hydrogen-bond donors (Lipinski definition) is 2. The van der Waals surface area contributed by atoms with E-state index >= 15 is 4.39 Å². The quantitative estimate of drug-likeness (QED) is 0.195. The van der Waals surface area contributed by atoms with Crippen LogP contribution in [0.15, 0.2) is 24.3 Å². The van der Waals surface area contributed by atoms with Gasteiger partial charge in [-0.15, -0.1) is 0 Å². The lowest BCUT2D eigenvalue weighted by molar-refractivity contribution is -0.173. The number of carbonyl (C=O) groups is 3. The third-order valence-electron chi connectivity index (χ3n) is 5.69. The summed E-state index contributed by atoms with van der Waals surface area (Å²) in [4.78, 5) is 38.8. The maximum atomic E-state index is 15.7. The van der Waals surface area contributed by atoms with E-state index in [9.17, 15) is 27.6 Å². The number of carbonyl (C=O) groups excluding carboxylic acids is 3. The van der Waals surface area contributed by atoms with Crippen LogP contribution < -0.4 is 20.4 Å². The number of alkyl halides is 7. The second kappa shape index (κ2) is 11.0. The number of anilines is 2. The Labute approximate surface area is 229 Å². The fourth-order valence-corrected chi connectivity index (χ4v) is 5.15. The van der Waals surface area contributed by atoms with Crippen molar-refractivity contribution in [2.45, 2.75) is 33.3 Å². The standard InChI is InChI=1S/C20H22Br3F4N5O4/c1-18(24)10-30(6-7-32(18)15(29-11-33)19(21,22)23)12-2-4-13(5-3-12)31-9-14(36-17(31)35)8-28-16(34)20(25,26)27/h2-5,11,14-15H,6-10H2,1H3,(H,28,34)(H,29,33). The molecule has 2 heterocycles. The molecule has 2 saturated heterocycles. The van der Waals surface area contributed by atoms with E-state index in [1.807, 2.05) is 4.90 Å². The predicted octanol–water partition coefficient (Wildman–Crippen LogP) is 3.41. The van der Waals surface area contributed by atoms with Crippen LogP contribution in [0.2, 0.25) is 0 Å². The van der Waals surface area contributed by atoms with Gasteiger partial charge in [-0.25, -0.2) is 14.1 Å². The second-order valence-corrected chi connectivity index (χ2v) is 15.3. The van der Waals surface area contributed by atoms with Gasteiger partial charge in [0.05, 0.1) is 19.6 Å². The van der Waals surface area contributed by atoms with Crippen LogP contribution in [-0.4, -0.2) is 82.4 Å². The number of rotatable bonds is 7. The van der Waals surface area contributed by atoms with E-state index in [0.29, 0.717) is 24.3 Å². The molecular weight excluding hydrogens is 690 g/mol. The molecular formula is C20H22Br3F4N5O4. The summed E-state index contributed by atoms with van der Waals surface area (Å²) in [6.07, 6.45) is -6.98. The van der Waals surface area contributed by atoms with Crippen LogP contribution in [0, 0.1) is 0 Å². The minimum atomic E-state index is -5.02. The summed E-state index contributed by atoms with van der Waals surface area (Å²) < 4.78 is 56.8. The Morgan fingerprint density at radius 3 is 2.36 bits per heavy atom. The normalized spacial score (nSPS) is 24.3. The highest BCUT2D eigenvalue weighted by Crippen LogP contribution is 2.42. The van der Waals surface area contributed by atoms with Gasteiger partial charge in [0, 0.05) is 24.5 Å². The Balaban J connectivity index is 1.63. The van der Waals surface area contributed by atoms with Gasteiger partial charge in [-0.1, -0.05) is 47.8 Å². The third kappa shape index (κ3) is 6.81. The minimum Gasteiger partial charge on any atom is -0.442 e. The van der Waals surface area contributed by atoms with Crippen LogP contribution in [0.4, 0.5) is 33.7 Å². The van der Waals surface area contributed by atoms with Crippen molar-refractivity contribution in [2.24, 2.45) is 0 Å². The molecule has 0 spiro atoms. The van der Waals surface area contributed by atoms with E-state index in [4.69, 9.17) is 4.74 Å². The smallest absolute Gasteiger partial charge is 0.442 e. The van der Waals surface area contributed by atoms with Gasteiger partial charge in [-0.2, -0.15) is 13.2 Å². The number of amides is 3. The molecule has 3 amide bonds. The topological polar surface area (TPSA) is 94.2 Å². The zero-order valence-corrected chi connectivity index (χ0v) is 23.5. The van der Waals surface area contributed by atoms with Crippen LogP contribution in [0.3, 0.4) is 0 Å². The first-order chi connectivity index (χ1) is 16.6. The monoisotopic (exact) mass is 709 g/mol. The lowest BCUT2D eigenvalue weighted by Gasteiger charge is -2.49. The number of nitrogens with one attached hydrogen (secondary N) is 2. The maximum absolute atomic E-state index is 15.7. The van der Waals surface area contributed by atoms with Crippen molar-refractivity contribution in [2.75, 3.05) is 42.5 Å². The van der Waals surface area contributed by atoms with Crippen molar-refractivity contribution in [1.29, 1.82) is 0 Å². The van der Waals surface area contributed by atoms with Gasteiger partial charge in [0.25, 0.3) is 0 Å². The molecule has 3 rings (SSSR count). The van der Waals surface area contributed by atoms with Gasteiger partial charge >= 0.3 is 18.2 Å². The first-order valence-electron chi connectivity index (χ1n) is 10.5. The van der Waals surface area contributed by atoms with E-state index in [1.54, 1.807) is 29.6 Å². The lowest BCUT2D eigenvalue weighted by atomic mass is 10.1. The Bertz CT molecular complexity index is 978. The molecule has 0 saturated carbocycles. The van der Waals surface area contributed by atoms with Gasteiger partial charge in [0.15, 0.2) is 7.94 Å². The summed E-state index contributed by atoms with van der Waals surface area (Å²) in [6, 6.07) is 6.62. The number of cyclic esters (lactones) is 1. The Kier molecular flexibility index (Phi) is 8.83. The highest BCUT2D eigenvalue weighted by Gasteiger charge is 2.47. The number of piperazine rings is 1. The molecule has 9 nitrogen and oxygen atoms in total. The van der Waals surface area contributed by atoms with Crippen LogP contribution in [0.25, 0.3) is 0 Å². The average molecular weight is 712 g/mol. The molecule has 36 heavy (non-hydrogen) atoms. The molecule has 1 aromatic rings. The number of hydrogen-bond acceptors (Lipinski definition) is 6. The number of ether oxygens (including phenoxy) is 1. The van der Waals surface area contributed by atoms with Gasteiger partial charge < -0.3 is 20.3 Å². The van der Waals surface area contributed by atoms with E-state index in [0.717, 1.165) is 0 Å². The SMILES string of the molecule is CC1(F)CN(c2ccc(N3CC(CNC(=O)C(F)(F)F)OC3=O)cc2)CCN1C(NC=O)C(Br)(Br)Br. The van der Waals surface area contributed by atoms with Crippen LogP contribution in [0.5, 0.6) is 0 Å². The van der Waals surface area contributed by atoms with E-state index < -0.39 is 44.9 Å². The molecule has 2 N–H and O–H groups in total. The summed E-state index contributed by atoms with van der Waals surface area (Å²) in [5.74, 6) is -3.94. The van der Waals surface area contributed by atoms with Crippen molar-refractivity contribution < 1.29 is 36.7 Å². The average Bonchev–Trinajstić information content (AvgIpc) is 3.14. The fourth-order valence-electron chi connectivity index (χ4n) is 4.01. The fraction of sp³-hybridized carbons (Fsp3) is 0.550. The van der Waals surface area contributed by atoms with Crippen molar-refractivity contribution in [1.82, 2.24) is 15.5 Å². The van der Waals surface area contributed by atoms with Crippen LogP contribution in [0.1, 0.15) is 6.92 Å². The van der Waals surface area contributed by atoms with Crippen LogP contribution in [-0.2, 0) is 14.3 Å². The van der Waals surface area contributed by atoms with Crippen LogP contribution >= 0.6 is 47.8 Å². The maximum Gasteiger partial charge on any atom is 0.471 e. The Morgan fingerprint density at radius 2 is 1.83 bits per heavy atom. The molecule has 3 atom stereocenters. The number of halogens is 7. The molecule has 3 unspecified atom stereocenters. The molecule has 0 aromatic heterocycles. The summed E-state index contributed by atoms with van der Waals surface area (Å²) in [7, 11) is 0. The third-order valence-corrected chi connectivity index (χ3v) is 6.99. The highest BCUT2D eigenvalue weighted by molar-refractivity contribution is 9.39. The summed E-state index contributed by atoms with van der Waals surface area (Å²) >= 11 is 10.0. The van der Waals surface area contributed by atoms with Crippen molar-refractivity contribution in [3.63, 3.8) is 0 Å². The first-order valence-corrected chi connectivity index (χ1v) is 12.9. The molecule has 0 bridgehead atoms. The highest BCUT2D eigenvalue weighted by atomic mass is 80.0. The molecule has 2 fully saturated rings. The number of nitrogens with zero attached hydrogens (tertiary/aromatic N) is 3. The van der Waals surface area contributed by atoms with E-state index in [1.165, 1.54) is 16.7 Å². The summed E-state index contributed by atoms with van der Waals surface area (Å²) in [5, 5.41) is 4.29. The Hall–Kier alpha value is -1.65. The van der Waals surface area contributed by atoms with Gasteiger partial charge in [0.2, 0.25) is 6.41 Å². The zero-order valence-electron chi connectivity index (χ0n) is 18.7. The van der Waals surface area contributed by atoms with Gasteiger partial charge in [-0.3, -0.25) is 14.5 Å². The molecule has 16 heteroatoms. The van der Waals surface area contributed by atoms with Gasteiger partial charge in [0.1, 0.15) is 12.3 Å². The number of benzene rings is 1. The molecule has 2 aliphatic rings. The largest absolute Gasteiger partial charge is 0.471 e. The van der Waals surface area contributed by atoms with E-state index in [2.05, 4.69) is 53.1 Å². The molecule has 0 radical (unpaired) electrons. The van der Waals surface area contributed by atoms with Crippen molar-refractivity contribution in [3.05, 3.63) is 24.3 Å². The molecule has 2 aliphatic heterocycles. The summed E-state index contributed by atoms with van der Waals surface area (Å²) in [6.45, 7) is 1.58. The first kappa shape index (κ1) is 28.9. The van der Waals surface area contributed by atoms with Gasteiger partial charge in [-0.05, 0) is 31.2 Å². The van der Waals surface area contributed by atoms with Crippen molar-refractivity contribution >= 4 is 77.6 Å². The minimum absolute atomic E-state index is 0.0147. The molecule has 1 aromatic carbocycles. The summed E-state index contributed by atoms with van der Waals surface area (Å²) in [5.41, 5.74) is 1.12. The zero-order chi connectivity index (χ0) is 26.9. The predicted molar refractivity (Wildman–Crippen MR) is 134 cm³/mol. The van der Waals surface area contributed by atoms with E-state index in [-0.39, 0.29) is 19.6 Å². The van der Waals surface area contributed by atoms with Crippen molar-refractivity contribution in [3.8, 4) is 0 Å². The molecule has 0 aliphatic carbocycles. The Morgan fingerprint density at radius 1 is 1.22 bits per heavy atom.